The number of hydrogen-bond donors (Lipinski definition) is 1. The summed E-state index contributed by atoms with van der Waals surface area (Å²) in [5, 5.41) is 0. The first-order chi connectivity index (χ1) is 10.7. The van der Waals surface area contributed by atoms with Crippen molar-refractivity contribution >= 4 is 17.0 Å². The van der Waals surface area contributed by atoms with Gasteiger partial charge in [-0.3, -0.25) is 9.69 Å². The van der Waals surface area contributed by atoms with E-state index in [0.29, 0.717) is 13.2 Å². The average molecular weight is 305 g/mol. The second-order valence-electron chi connectivity index (χ2n) is 5.65. The first-order valence-corrected chi connectivity index (χ1v) is 7.69. The minimum absolute atomic E-state index is 0.0148. The molecule has 0 aliphatic carbocycles. The van der Waals surface area contributed by atoms with Crippen LogP contribution in [0.4, 0.5) is 4.39 Å². The topological polar surface area (TPSA) is 58.2 Å². The molecule has 1 fully saturated rings. The number of ether oxygens (including phenoxy) is 1. The lowest BCUT2D eigenvalue weighted by molar-refractivity contribution is -0.149. The summed E-state index contributed by atoms with van der Waals surface area (Å²) in [5.41, 5.74) is 1.49. The summed E-state index contributed by atoms with van der Waals surface area (Å²) in [7, 11) is 0. The van der Waals surface area contributed by atoms with Crippen LogP contribution in [0.5, 0.6) is 0 Å². The summed E-state index contributed by atoms with van der Waals surface area (Å²) < 4.78 is 18.3. The van der Waals surface area contributed by atoms with E-state index in [9.17, 15) is 9.18 Å². The van der Waals surface area contributed by atoms with Crippen molar-refractivity contribution in [2.24, 2.45) is 5.92 Å². The fourth-order valence-corrected chi connectivity index (χ4v) is 2.91. The van der Waals surface area contributed by atoms with Crippen molar-refractivity contribution in [3.63, 3.8) is 0 Å². The molecule has 0 bridgehead atoms. The van der Waals surface area contributed by atoms with E-state index in [2.05, 4.69) is 14.9 Å². The standard InChI is InChI=1S/C16H20FN3O2/c1-2-22-16(21)11-5-7-20(8-6-11)10-15-18-13-4-3-12(17)9-14(13)19-15/h3-4,9,11H,2,5-8,10H2,1H3,(H,18,19). The van der Waals surface area contributed by atoms with Crippen molar-refractivity contribution < 1.29 is 13.9 Å². The molecule has 0 unspecified atom stereocenters. The molecule has 3 rings (SSSR count). The van der Waals surface area contributed by atoms with E-state index in [-0.39, 0.29) is 17.7 Å². The Balaban J connectivity index is 1.58. The number of halogens is 1. The number of nitrogens with one attached hydrogen (secondary N) is 1. The summed E-state index contributed by atoms with van der Waals surface area (Å²) in [6.07, 6.45) is 1.63. The highest BCUT2D eigenvalue weighted by Gasteiger charge is 2.26. The maximum Gasteiger partial charge on any atom is 0.309 e. The molecule has 1 N–H and O–H groups in total. The molecule has 2 aromatic rings. The van der Waals surface area contributed by atoms with Gasteiger partial charge in [-0.15, -0.1) is 0 Å². The number of H-pyrrole nitrogens is 1. The number of esters is 1. The largest absolute Gasteiger partial charge is 0.466 e. The van der Waals surface area contributed by atoms with Gasteiger partial charge in [-0.25, -0.2) is 9.37 Å². The lowest BCUT2D eigenvalue weighted by atomic mass is 9.97. The minimum Gasteiger partial charge on any atom is -0.466 e. The Hall–Kier alpha value is -1.95. The molecule has 0 amide bonds. The molecule has 5 nitrogen and oxygen atoms in total. The lowest BCUT2D eigenvalue weighted by Crippen LogP contribution is -2.36. The molecule has 1 aliphatic heterocycles. The van der Waals surface area contributed by atoms with E-state index in [1.54, 1.807) is 6.07 Å². The maximum atomic E-state index is 13.2. The van der Waals surface area contributed by atoms with E-state index >= 15 is 0 Å². The highest BCUT2D eigenvalue weighted by atomic mass is 19.1. The zero-order valence-corrected chi connectivity index (χ0v) is 12.6. The highest BCUT2D eigenvalue weighted by molar-refractivity contribution is 5.75. The molecule has 1 saturated heterocycles. The fourth-order valence-electron chi connectivity index (χ4n) is 2.91. The molecule has 0 atom stereocenters. The summed E-state index contributed by atoms with van der Waals surface area (Å²) in [6, 6.07) is 4.55. The van der Waals surface area contributed by atoms with Gasteiger partial charge in [0.25, 0.3) is 0 Å². The summed E-state index contributed by atoms with van der Waals surface area (Å²) in [4.78, 5) is 21.6. The number of aromatic amines is 1. The van der Waals surface area contributed by atoms with Crippen molar-refractivity contribution in [3.8, 4) is 0 Å². The molecule has 0 saturated carbocycles. The minimum atomic E-state index is -0.266. The summed E-state index contributed by atoms with van der Waals surface area (Å²) >= 11 is 0. The smallest absolute Gasteiger partial charge is 0.309 e. The quantitative estimate of drug-likeness (QED) is 0.882. The third kappa shape index (κ3) is 3.27. The Labute approximate surface area is 128 Å². The normalized spacial score (nSPS) is 17.0. The number of aromatic nitrogens is 2. The van der Waals surface area contributed by atoms with Gasteiger partial charge in [0.05, 0.1) is 30.1 Å². The van der Waals surface area contributed by atoms with Crippen molar-refractivity contribution in [1.29, 1.82) is 0 Å². The molecule has 1 aromatic carbocycles. The molecule has 1 aliphatic rings. The van der Waals surface area contributed by atoms with Gasteiger partial charge in [0.1, 0.15) is 11.6 Å². The molecule has 6 heteroatoms. The molecule has 1 aromatic heterocycles. The number of benzene rings is 1. The number of imidazole rings is 1. The van der Waals surface area contributed by atoms with Crippen LogP contribution in [-0.4, -0.2) is 40.5 Å². The van der Waals surface area contributed by atoms with Crippen LogP contribution in [0.25, 0.3) is 11.0 Å². The van der Waals surface area contributed by atoms with Gasteiger partial charge in [-0.1, -0.05) is 0 Å². The van der Waals surface area contributed by atoms with Crippen LogP contribution in [0.2, 0.25) is 0 Å². The van der Waals surface area contributed by atoms with Crippen molar-refractivity contribution in [2.75, 3.05) is 19.7 Å². The van der Waals surface area contributed by atoms with Crippen LogP contribution in [0, 0.1) is 11.7 Å². The Bertz CT molecular complexity index is 662. The molecular formula is C16H20FN3O2. The second kappa shape index (κ2) is 6.44. The van der Waals surface area contributed by atoms with E-state index in [0.717, 1.165) is 42.8 Å². The van der Waals surface area contributed by atoms with E-state index in [1.807, 2.05) is 6.92 Å². The summed E-state index contributed by atoms with van der Waals surface area (Å²) in [5.74, 6) is 0.496. The van der Waals surface area contributed by atoms with Crippen LogP contribution >= 0.6 is 0 Å². The van der Waals surface area contributed by atoms with E-state index < -0.39 is 0 Å². The van der Waals surface area contributed by atoms with Crippen molar-refractivity contribution in [3.05, 3.63) is 29.8 Å². The Morgan fingerprint density at radius 2 is 2.23 bits per heavy atom. The van der Waals surface area contributed by atoms with Gasteiger partial charge in [0.15, 0.2) is 0 Å². The lowest BCUT2D eigenvalue weighted by Gasteiger charge is -2.30. The highest BCUT2D eigenvalue weighted by Crippen LogP contribution is 2.21. The number of carbonyl (C=O) groups excluding carboxylic acids is 1. The SMILES string of the molecule is CCOC(=O)C1CCN(Cc2nc3ccc(F)cc3[nH]2)CC1. The number of fused-ring (bicyclic) bond motifs is 1. The Morgan fingerprint density at radius 1 is 1.45 bits per heavy atom. The van der Waals surface area contributed by atoms with Crippen LogP contribution in [0.3, 0.4) is 0 Å². The number of rotatable bonds is 4. The predicted octanol–water partition coefficient (Wildman–Crippen LogP) is 2.48. The van der Waals surface area contributed by atoms with E-state index in [4.69, 9.17) is 4.74 Å². The fraction of sp³-hybridized carbons (Fsp3) is 0.500. The third-order valence-corrected chi connectivity index (χ3v) is 4.07. The van der Waals surface area contributed by atoms with Crippen molar-refractivity contribution in [2.45, 2.75) is 26.3 Å². The number of hydrogen-bond acceptors (Lipinski definition) is 4. The molecule has 0 radical (unpaired) electrons. The molecule has 22 heavy (non-hydrogen) atoms. The van der Waals surface area contributed by atoms with Gasteiger partial charge in [-0.05, 0) is 51.1 Å². The number of carbonyl (C=O) groups is 1. The van der Waals surface area contributed by atoms with Gasteiger partial charge >= 0.3 is 5.97 Å². The first-order valence-electron chi connectivity index (χ1n) is 7.69. The van der Waals surface area contributed by atoms with Crippen LogP contribution in [0.1, 0.15) is 25.6 Å². The maximum absolute atomic E-state index is 13.2. The van der Waals surface area contributed by atoms with Gasteiger partial charge in [0, 0.05) is 0 Å². The zero-order chi connectivity index (χ0) is 15.5. The Morgan fingerprint density at radius 3 is 2.95 bits per heavy atom. The van der Waals surface area contributed by atoms with Gasteiger partial charge in [-0.2, -0.15) is 0 Å². The van der Waals surface area contributed by atoms with Crippen LogP contribution in [-0.2, 0) is 16.1 Å². The number of nitrogens with zero attached hydrogens (tertiary/aromatic N) is 2. The van der Waals surface area contributed by atoms with Crippen molar-refractivity contribution in [1.82, 2.24) is 14.9 Å². The number of piperidine rings is 1. The van der Waals surface area contributed by atoms with Crippen LogP contribution < -0.4 is 0 Å². The van der Waals surface area contributed by atoms with E-state index in [1.165, 1.54) is 12.1 Å². The molecule has 2 heterocycles. The predicted molar refractivity (Wildman–Crippen MR) is 80.7 cm³/mol. The van der Waals surface area contributed by atoms with Gasteiger partial charge in [0.2, 0.25) is 0 Å². The molecular weight excluding hydrogens is 285 g/mol. The molecule has 118 valence electrons. The van der Waals surface area contributed by atoms with Gasteiger partial charge < -0.3 is 9.72 Å². The number of likely N-dealkylation sites (tertiary alicyclic amines) is 1. The third-order valence-electron chi connectivity index (χ3n) is 4.07. The zero-order valence-electron chi connectivity index (χ0n) is 12.6. The molecule has 0 spiro atoms. The Kier molecular flexibility index (Phi) is 4.38. The average Bonchev–Trinajstić information content (AvgIpc) is 2.89. The first kappa shape index (κ1) is 15.0. The summed E-state index contributed by atoms with van der Waals surface area (Å²) in [6.45, 7) is 4.64. The monoisotopic (exact) mass is 305 g/mol. The van der Waals surface area contributed by atoms with Crippen LogP contribution in [0.15, 0.2) is 18.2 Å². The second-order valence-corrected chi connectivity index (χ2v) is 5.65.